The van der Waals surface area contributed by atoms with E-state index in [4.69, 9.17) is 4.74 Å². The Morgan fingerprint density at radius 1 is 1.06 bits per heavy atom. The first-order valence-electron chi connectivity index (χ1n) is 9.82. The number of piperidine rings is 1. The molecule has 11 heteroatoms. The number of hydrogen-bond acceptors (Lipinski definition) is 8. The number of nitrogens with one attached hydrogen (secondary N) is 1. The van der Waals surface area contributed by atoms with E-state index in [1.54, 1.807) is 6.07 Å². The highest BCUT2D eigenvalue weighted by Crippen LogP contribution is 2.28. The largest absolute Gasteiger partial charge is 0.455 e. The zero-order chi connectivity index (χ0) is 21.8. The standard InChI is InChI=1S/C20H21N3O5S3/c24-17(22-20-21-15-6-2-3-7-16(15)30-20)13-28-18(25)12-14-8-9-19(29-14)31(26,27)23-10-4-1-5-11-23/h2-3,6-9H,1,4-5,10-13H2,(H,21,22,24). The van der Waals surface area contributed by atoms with Crippen LogP contribution in [-0.2, 0) is 30.8 Å². The number of thiazole rings is 1. The van der Waals surface area contributed by atoms with E-state index in [0.717, 1.165) is 40.8 Å². The predicted molar refractivity (Wildman–Crippen MR) is 120 cm³/mol. The van der Waals surface area contributed by atoms with Gasteiger partial charge in [-0.15, -0.1) is 11.3 Å². The highest BCUT2D eigenvalue weighted by Gasteiger charge is 2.27. The van der Waals surface area contributed by atoms with Crippen molar-refractivity contribution in [3.63, 3.8) is 0 Å². The molecule has 1 aliphatic heterocycles. The molecule has 1 saturated heterocycles. The maximum absolute atomic E-state index is 12.7. The van der Waals surface area contributed by atoms with Crippen molar-refractivity contribution in [3.05, 3.63) is 41.3 Å². The van der Waals surface area contributed by atoms with Crippen molar-refractivity contribution in [2.75, 3.05) is 25.0 Å². The van der Waals surface area contributed by atoms with Gasteiger partial charge in [0, 0.05) is 18.0 Å². The minimum atomic E-state index is -3.52. The molecule has 2 aromatic heterocycles. The van der Waals surface area contributed by atoms with Gasteiger partial charge in [-0.25, -0.2) is 13.4 Å². The summed E-state index contributed by atoms with van der Waals surface area (Å²) >= 11 is 2.40. The summed E-state index contributed by atoms with van der Waals surface area (Å²) < 4.78 is 33.1. The molecular weight excluding hydrogens is 458 g/mol. The number of esters is 1. The van der Waals surface area contributed by atoms with E-state index in [0.29, 0.717) is 23.1 Å². The number of para-hydroxylation sites is 1. The average molecular weight is 480 g/mol. The molecule has 31 heavy (non-hydrogen) atoms. The van der Waals surface area contributed by atoms with Crippen LogP contribution < -0.4 is 5.32 Å². The second-order valence-corrected chi connectivity index (χ2v) is 11.4. The van der Waals surface area contributed by atoms with Gasteiger partial charge in [-0.2, -0.15) is 4.31 Å². The van der Waals surface area contributed by atoms with E-state index in [1.165, 1.54) is 21.7 Å². The number of carbonyl (C=O) groups excluding carboxylic acids is 2. The minimum absolute atomic E-state index is 0.0887. The van der Waals surface area contributed by atoms with E-state index >= 15 is 0 Å². The molecule has 4 rings (SSSR count). The number of anilines is 1. The third-order valence-electron chi connectivity index (χ3n) is 4.77. The third kappa shape index (κ3) is 5.29. The van der Waals surface area contributed by atoms with Gasteiger partial charge in [0.1, 0.15) is 4.21 Å². The molecule has 0 atom stereocenters. The normalized spacial score (nSPS) is 15.1. The number of benzene rings is 1. The van der Waals surface area contributed by atoms with Crippen molar-refractivity contribution >= 4 is 59.9 Å². The second-order valence-electron chi connectivity index (χ2n) is 7.06. The Morgan fingerprint density at radius 3 is 2.61 bits per heavy atom. The molecule has 1 fully saturated rings. The summed E-state index contributed by atoms with van der Waals surface area (Å²) in [5.74, 6) is -1.07. The number of aromatic nitrogens is 1. The fourth-order valence-electron chi connectivity index (χ4n) is 3.24. The number of amides is 1. The molecule has 0 radical (unpaired) electrons. The van der Waals surface area contributed by atoms with Crippen LogP contribution >= 0.6 is 22.7 Å². The highest BCUT2D eigenvalue weighted by atomic mass is 32.2. The van der Waals surface area contributed by atoms with E-state index in [2.05, 4.69) is 10.3 Å². The monoisotopic (exact) mass is 479 g/mol. The van der Waals surface area contributed by atoms with Gasteiger partial charge >= 0.3 is 5.97 Å². The van der Waals surface area contributed by atoms with E-state index in [-0.39, 0.29) is 10.6 Å². The van der Waals surface area contributed by atoms with Gasteiger partial charge in [0.25, 0.3) is 15.9 Å². The summed E-state index contributed by atoms with van der Waals surface area (Å²) in [4.78, 5) is 29.0. The number of nitrogens with zero attached hydrogens (tertiary/aromatic N) is 2. The summed E-state index contributed by atoms with van der Waals surface area (Å²) in [6.45, 7) is 0.627. The first kappa shape index (κ1) is 21.9. The lowest BCUT2D eigenvalue weighted by atomic mass is 10.2. The molecule has 1 aliphatic rings. The number of carbonyl (C=O) groups is 2. The molecular formula is C20H21N3O5S3. The molecule has 8 nitrogen and oxygen atoms in total. The summed E-state index contributed by atoms with van der Waals surface area (Å²) in [6.07, 6.45) is 2.68. The lowest BCUT2D eigenvalue weighted by molar-refractivity contribution is -0.146. The van der Waals surface area contributed by atoms with Gasteiger partial charge in [0.2, 0.25) is 0 Å². The molecule has 0 aliphatic carbocycles. The van der Waals surface area contributed by atoms with Crippen molar-refractivity contribution in [1.82, 2.24) is 9.29 Å². The van der Waals surface area contributed by atoms with Gasteiger partial charge in [-0.3, -0.25) is 14.9 Å². The topological polar surface area (TPSA) is 106 Å². The van der Waals surface area contributed by atoms with Gasteiger partial charge in [-0.1, -0.05) is 29.9 Å². The number of ether oxygens (including phenoxy) is 1. The van der Waals surface area contributed by atoms with Crippen LogP contribution in [0.25, 0.3) is 10.2 Å². The third-order valence-corrected chi connectivity index (χ3v) is 9.17. The average Bonchev–Trinajstić information content (AvgIpc) is 3.39. The van der Waals surface area contributed by atoms with Crippen molar-refractivity contribution in [2.45, 2.75) is 29.9 Å². The Kier molecular flexibility index (Phi) is 6.65. The number of hydrogen-bond donors (Lipinski definition) is 1. The number of fused-ring (bicyclic) bond motifs is 1. The zero-order valence-electron chi connectivity index (χ0n) is 16.6. The molecule has 1 N–H and O–H groups in total. The van der Waals surface area contributed by atoms with Crippen LogP contribution in [0.1, 0.15) is 24.1 Å². The molecule has 0 bridgehead atoms. The first-order valence-corrected chi connectivity index (χ1v) is 12.9. The fraction of sp³-hybridized carbons (Fsp3) is 0.350. The van der Waals surface area contributed by atoms with E-state index in [9.17, 15) is 18.0 Å². The molecule has 0 unspecified atom stereocenters. The van der Waals surface area contributed by atoms with Crippen molar-refractivity contribution in [2.24, 2.45) is 0 Å². The summed E-state index contributed by atoms with van der Waals surface area (Å²) in [5, 5.41) is 3.06. The van der Waals surface area contributed by atoms with E-state index < -0.39 is 28.5 Å². The first-order chi connectivity index (χ1) is 14.9. The lowest BCUT2D eigenvalue weighted by Gasteiger charge is -2.25. The quantitative estimate of drug-likeness (QED) is 0.522. The van der Waals surface area contributed by atoms with Crippen LogP contribution in [-0.4, -0.2) is 49.3 Å². The maximum atomic E-state index is 12.7. The summed E-state index contributed by atoms with van der Waals surface area (Å²) in [5.41, 5.74) is 0.785. The molecule has 1 amide bonds. The predicted octanol–water partition coefficient (Wildman–Crippen LogP) is 3.26. The Labute approximate surface area is 187 Å². The Hall–Kier alpha value is -2.34. The summed E-state index contributed by atoms with van der Waals surface area (Å²) in [7, 11) is -3.52. The second kappa shape index (κ2) is 9.43. The zero-order valence-corrected chi connectivity index (χ0v) is 19.0. The molecule has 0 saturated carbocycles. The van der Waals surface area contributed by atoms with Crippen molar-refractivity contribution < 1.29 is 22.7 Å². The van der Waals surface area contributed by atoms with Gasteiger partial charge in [0.05, 0.1) is 16.6 Å². The smallest absolute Gasteiger partial charge is 0.311 e. The lowest BCUT2D eigenvalue weighted by Crippen LogP contribution is -2.35. The highest BCUT2D eigenvalue weighted by molar-refractivity contribution is 7.91. The molecule has 164 valence electrons. The maximum Gasteiger partial charge on any atom is 0.311 e. The summed E-state index contributed by atoms with van der Waals surface area (Å²) in [6, 6.07) is 10.7. The van der Waals surface area contributed by atoms with Gasteiger partial charge in [-0.05, 0) is 37.1 Å². The SMILES string of the molecule is O=C(COC(=O)Cc1ccc(S(=O)(=O)N2CCCCC2)s1)Nc1nc2ccccc2s1. The fourth-order valence-corrected chi connectivity index (χ4v) is 7.14. The van der Waals surface area contributed by atoms with Gasteiger partial charge in [0.15, 0.2) is 11.7 Å². The molecule has 1 aromatic carbocycles. The number of rotatable bonds is 7. The van der Waals surface area contributed by atoms with Crippen LogP contribution in [0.4, 0.5) is 5.13 Å². The Balaban J connectivity index is 1.28. The number of sulfonamides is 1. The van der Waals surface area contributed by atoms with Crippen molar-refractivity contribution in [1.29, 1.82) is 0 Å². The molecule has 3 aromatic rings. The van der Waals surface area contributed by atoms with Crippen LogP contribution in [0.2, 0.25) is 0 Å². The van der Waals surface area contributed by atoms with Crippen molar-refractivity contribution in [3.8, 4) is 0 Å². The van der Waals surface area contributed by atoms with Crippen LogP contribution in [0.15, 0.2) is 40.6 Å². The van der Waals surface area contributed by atoms with Crippen LogP contribution in [0.3, 0.4) is 0 Å². The minimum Gasteiger partial charge on any atom is -0.455 e. The molecule has 3 heterocycles. The molecule has 0 spiro atoms. The van der Waals surface area contributed by atoms with Crippen LogP contribution in [0, 0.1) is 0 Å². The Bertz CT molecular complexity index is 1160. The van der Waals surface area contributed by atoms with Gasteiger partial charge < -0.3 is 4.74 Å². The number of thiophene rings is 1. The Morgan fingerprint density at radius 2 is 1.84 bits per heavy atom. The van der Waals surface area contributed by atoms with E-state index in [1.807, 2.05) is 24.3 Å². The van der Waals surface area contributed by atoms with Crippen LogP contribution in [0.5, 0.6) is 0 Å².